The maximum absolute atomic E-state index is 12.9. The van der Waals surface area contributed by atoms with E-state index in [1.165, 1.54) is 6.33 Å². The van der Waals surface area contributed by atoms with Gasteiger partial charge in [0.05, 0.1) is 5.56 Å². The maximum atomic E-state index is 12.9. The van der Waals surface area contributed by atoms with Crippen LogP contribution in [0.3, 0.4) is 0 Å². The average Bonchev–Trinajstić information content (AvgIpc) is 3.30. The molecule has 3 rings (SSSR count). The molecule has 1 atom stereocenters. The van der Waals surface area contributed by atoms with Crippen molar-refractivity contribution < 1.29 is 9.59 Å². The molecule has 30 heavy (non-hydrogen) atoms. The second-order valence-corrected chi connectivity index (χ2v) is 8.17. The second kappa shape index (κ2) is 10.9. The predicted molar refractivity (Wildman–Crippen MR) is 119 cm³/mol. The van der Waals surface area contributed by atoms with E-state index in [2.05, 4.69) is 41.6 Å². The lowest BCUT2D eigenvalue weighted by Crippen LogP contribution is -2.47. The molecule has 0 aliphatic heterocycles. The fourth-order valence-corrected chi connectivity index (χ4v) is 3.72. The fourth-order valence-electron chi connectivity index (χ4n) is 2.78. The number of halogens is 1. The Morgan fingerprint density at radius 3 is 2.80 bits per heavy atom. The molecule has 0 bridgehead atoms. The molecule has 3 aromatic rings. The minimum Gasteiger partial charge on any atom is -0.350 e. The second-order valence-electron chi connectivity index (χ2n) is 6.33. The molecule has 0 fully saturated rings. The van der Waals surface area contributed by atoms with E-state index >= 15 is 0 Å². The van der Waals surface area contributed by atoms with Crippen LogP contribution in [0.4, 0.5) is 0 Å². The van der Waals surface area contributed by atoms with Crippen molar-refractivity contribution in [3.63, 3.8) is 0 Å². The molecule has 1 aromatic carbocycles. The third-order valence-corrected chi connectivity index (χ3v) is 5.64. The molecule has 0 saturated carbocycles. The van der Waals surface area contributed by atoms with Gasteiger partial charge in [-0.25, -0.2) is 14.6 Å². The van der Waals surface area contributed by atoms with E-state index in [-0.39, 0.29) is 18.4 Å². The molecule has 8 nitrogen and oxygen atoms in total. The summed E-state index contributed by atoms with van der Waals surface area (Å²) in [7, 11) is 0. The summed E-state index contributed by atoms with van der Waals surface area (Å²) in [5, 5.41) is 9.85. The van der Waals surface area contributed by atoms with E-state index in [0.717, 1.165) is 11.3 Å². The van der Waals surface area contributed by atoms with Crippen molar-refractivity contribution in [2.45, 2.75) is 19.0 Å². The summed E-state index contributed by atoms with van der Waals surface area (Å²) in [6.07, 6.45) is 7.11. The van der Waals surface area contributed by atoms with E-state index in [9.17, 15) is 9.59 Å². The first-order chi connectivity index (χ1) is 14.6. The van der Waals surface area contributed by atoms with E-state index < -0.39 is 6.04 Å². The number of hydrogen-bond acceptors (Lipinski definition) is 6. The van der Waals surface area contributed by atoms with Crippen molar-refractivity contribution in [1.29, 1.82) is 0 Å². The quantitative estimate of drug-likeness (QED) is 0.479. The molecule has 2 heterocycles. The lowest BCUT2D eigenvalue weighted by Gasteiger charge is -2.19. The maximum Gasteiger partial charge on any atom is 0.253 e. The number of benzene rings is 1. The number of pyridine rings is 1. The molecule has 0 saturated heterocycles. The van der Waals surface area contributed by atoms with Crippen LogP contribution < -0.4 is 10.6 Å². The number of nitrogens with one attached hydrogen (secondary N) is 2. The number of rotatable bonds is 9. The van der Waals surface area contributed by atoms with Crippen LogP contribution in [-0.4, -0.2) is 49.6 Å². The minimum atomic E-state index is -0.649. The van der Waals surface area contributed by atoms with Gasteiger partial charge in [0.1, 0.15) is 18.7 Å². The first kappa shape index (κ1) is 22.0. The third kappa shape index (κ3) is 5.67. The number of thioether (sulfide) groups is 1. The number of nitrogens with zero attached hydrogens (tertiary/aromatic N) is 4. The molecule has 0 spiro atoms. The Morgan fingerprint density at radius 1 is 1.23 bits per heavy atom. The molecule has 10 heteroatoms. The van der Waals surface area contributed by atoms with Crippen LogP contribution in [0, 0.1) is 0 Å². The lowest BCUT2D eigenvalue weighted by molar-refractivity contribution is -0.123. The van der Waals surface area contributed by atoms with Crippen molar-refractivity contribution in [1.82, 2.24) is 30.4 Å². The Hall–Kier alpha value is -2.72. The Balaban J connectivity index is 1.69. The smallest absolute Gasteiger partial charge is 0.253 e. The molecule has 1 unspecified atom stereocenters. The van der Waals surface area contributed by atoms with Crippen LogP contribution in [0.25, 0.3) is 5.82 Å². The number of carbonyl (C=O) groups is 2. The van der Waals surface area contributed by atoms with E-state index in [4.69, 9.17) is 0 Å². The van der Waals surface area contributed by atoms with Crippen molar-refractivity contribution in [2.75, 3.05) is 12.0 Å². The van der Waals surface area contributed by atoms with Gasteiger partial charge in [-0.3, -0.25) is 9.59 Å². The molecule has 0 radical (unpaired) electrons. The largest absolute Gasteiger partial charge is 0.350 e. The Kier molecular flexibility index (Phi) is 7.97. The third-order valence-electron chi connectivity index (χ3n) is 4.31. The van der Waals surface area contributed by atoms with Crippen LogP contribution in [0.2, 0.25) is 0 Å². The van der Waals surface area contributed by atoms with Gasteiger partial charge in [0, 0.05) is 22.8 Å². The molecule has 0 aliphatic rings. The topological polar surface area (TPSA) is 102 Å². The van der Waals surface area contributed by atoms with Crippen LogP contribution in [0.15, 0.2) is 59.7 Å². The molecular formula is C20H21BrN6O2S. The van der Waals surface area contributed by atoms with Gasteiger partial charge in [-0.2, -0.15) is 16.9 Å². The fraction of sp³-hybridized carbons (Fsp3) is 0.250. The van der Waals surface area contributed by atoms with Gasteiger partial charge in [0.2, 0.25) is 5.91 Å². The molecule has 0 aliphatic carbocycles. The zero-order chi connectivity index (χ0) is 21.3. The zero-order valence-corrected chi connectivity index (χ0v) is 18.7. The van der Waals surface area contributed by atoms with Crippen LogP contribution in [-0.2, 0) is 11.3 Å². The van der Waals surface area contributed by atoms with Crippen LogP contribution >= 0.6 is 27.7 Å². The summed E-state index contributed by atoms with van der Waals surface area (Å²) in [5.41, 5.74) is 1.28. The highest BCUT2D eigenvalue weighted by Crippen LogP contribution is 2.16. The monoisotopic (exact) mass is 488 g/mol. The normalized spacial score (nSPS) is 11.7. The molecule has 156 valence electrons. The van der Waals surface area contributed by atoms with Crippen molar-refractivity contribution in [3.05, 3.63) is 70.8 Å². The highest BCUT2D eigenvalue weighted by atomic mass is 79.9. The van der Waals surface area contributed by atoms with Gasteiger partial charge < -0.3 is 10.6 Å². The summed E-state index contributed by atoms with van der Waals surface area (Å²) in [4.78, 5) is 33.8. The van der Waals surface area contributed by atoms with E-state index in [0.29, 0.717) is 22.3 Å². The molecule has 2 N–H and O–H groups in total. The summed E-state index contributed by atoms with van der Waals surface area (Å²) >= 11 is 5.00. The van der Waals surface area contributed by atoms with E-state index in [1.807, 2.05) is 18.4 Å². The standard InChI is InChI=1S/C20H21BrN6O2S/c1-30-10-8-17(26-19(28)15-6-2-3-7-16(15)21)20(29)24-11-14-5-4-9-23-18(14)27-13-22-12-25-27/h2-7,9,12-13,17H,8,10-11H2,1H3,(H,24,29)(H,26,28). The van der Waals surface area contributed by atoms with E-state index in [1.54, 1.807) is 53.2 Å². The van der Waals surface area contributed by atoms with Crippen LogP contribution in [0.1, 0.15) is 22.3 Å². The van der Waals surface area contributed by atoms with Crippen molar-refractivity contribution in [2.24, 2.45) is 0 Å². The summed E-state index contributed by atoms with van der Waals surface area (Å²) in [5.74, 6) is 0.783. The first-order valence-corrected chi connectivity index (χ1v) is 11.4. The number of carbonyl (C=O) groups excluding carboxylic acids is 2. The van der Waals surface area contributed by atoms with Gasteiger partial charge in [-0.1, -0.05) is 18.2 Å². The van der Waals surface area contributed by atoms with Gasteiger partial charge in [0.15, 0.2) is 5.82 Å². The van der Waals surface area contributed by atoms with Crippen molar-refractivity contribution >= 4 is 39.5 Å². The number of amides is 2. The molecule has 2 aromatic heterocycles. The molecule has 2 amide bonds. The Labute approximate surface area is 187 Å². The van der Waals surface area contributed by atoms with Gasteiger partial charge >= 0.3 is 0 Å². The number of hydrogen-bond donors (Lipinski definition) is 2. The number of aromatic nitrogens is 4. The van der Waals surface area contributed by atoms with Crippen LogP contribution in [0.5, 0.6) is 0 Å². The highest BCUT2D eigenvalue weighted by Gasteiger charge is 2.22. The lowest BCUT2D eigenvalue weighted by atomic mass is 10.1. The van der Waals surface area contributed by atoms with Gasteiger partial charge in [-0.05, 0) is 52.6 Å². The van der Waals surface area contributed by atoms with Gasteiger partial charge in [-0.15, -0.1) is 0 Å². The summed E-state index contributed by atoms with van der Waals surface area (Å²) < 4.78 is 2.22. The first-order valence-electron chi connectivity index (χ1n) is 9.21. The predicted octanol–water partition coefficient (Wildman–Crippen LogP) is 2.59. The Morgan fingerprint density at radius 2 is 2.07 bits per heavy atom. The minimum absolute atomic E-state index is 0.252. The SMILES string of the molecule is CSCCC(NC(=O)c1ccccc1Br)C(=O)NCc1cccnc1-n1cncn1. The summed E-state index contributed by atoms with van der Waals surface area (Å²) in [6.45, 7) is 0.253. The Bertz CT molecular complexity index is 998. The molecular weight excluding hydrogens is 468 g/mol. The average molecular weight is 489 g/mol. The zero-order valence-electron chi connectivity index (χ0n) is 16.3. The van der Waals surface area contributed by atoms with Gasteiger partial charge in [0.25, 0.3) is 5.91 Å². The van der Waals surface area contributed by atoms with Crippen molar-refractivity contribution in [3.8, 4) is 5.82 Å². The highest BCUT2D eigenvalue weighted by molar-refractivity contribution is 9.10. The summed E-state index contributed by atoms with van der Waals surface area (Å²) in [6, 6.07) is 10.1.